The summed E-state index contributed by atoms with van der Waals surface area (Å²) in [5, 5.41) is 11.3. The normalized spacial score (nSPS) is 19.4. The molecule has 61 heavy (non-hydrogen) atoms. The number of piperidine rings is 1. The van der Waals surface area contributed by atoms with Crippen LogP contribution in [0.15, 0.2) is 97.1 Å². The molecule has 0 saturated carbocycles. The lowest BCUT2D eigenvalue weighted by atomic mass is 9.88. The molecule has 4 amide bonds. The number of anilines is 1. The van der Waals surface area contributed by atoms with Gasteiger partial charge in [-0.25, -0.2) is 0 Å². The molecule has 13 nitrogen and oxygen atoms in total. The van der Waals surface area contributed by atoms with Crippen LogP contribution in [0.1, 0.15) is 63.6 Å². The fourth-order valence-electron chi connectivity index (χ4n) is 8.86. The first-order chi connectivity index (χ1) is 29.8. The van der Waals surface area contributed by atoms with Crippen molar-refractivity contribution in [1.82, 2.24) is 24.9 Å². The molecule has 4 aliphatic rings. The van der Waals surface area contributed by atoms with Crippen LogP contribution in [-0.4, -0.2) is 141 Å². The van der Waals surface area contributed by atoms with E-state index in [0.29, 0.717) is 31.2 Å². The Balaban J connectivity index is 0.771. The molecule has 0 spiro atoms. The number of hydrogen-bond donors (Lipinski definition) is 2. The minimum absolute atomic E-state index is 0.0981. The van der Waals surface area contributed by atoms with Gasteiger partial charge in [-0.05, 0) is 83.1 Å². The maximum Gasteiger partial charge on any atom is 0.569 e. The molecule has 3 fully saturated rings. The molecule has 0 aromatic heterocycles. The minimum Gasteiger partial charge on any atom is -0.537 e. The fraction of sp³-hybridized carbons (Fsp3) is 0.362. The quantitative estimate of drug-likeness (QED) is 0.102. The van der Waals surface area contributed by atoms with Crippen LogP contribution in [0.5, 0.6) is 11.5 Å². The van der Waals surface area contributed by atoms with Crippen molar-refractivity contribution >= 4 is 48.1 Å². The van der Waals surface area contributed by atoms with Gasteiger partial charge in [0, 0.05) is 84.1 Å². The second kappa shape index (κ2) is 19.3. The summed E-state index contributed by atoms with van der Waals surface area (Å²) in [6, 6.07) is 31.0. The van der Waals surface area contributed by atoms with Crippen molar-refractivity contribution in [3.05, 3.63) is 125 Å². The van der Waals surface area contributed by atoms with Gasteiger partial charge in [-0.15, -0.1) is 0 Å². The molecule has 4 heterocycles. The second-order valence-corrected chi connectivity index (χ2v) is 15.9. The Morgan fingerprint density at radius 3 is 1.89 bits per heavy atom. The van der Waals surface area contributed by atoms with E-state index in [9.17, 15) is 19.2 Å². The molecule has 14 heteroatoms. The first kappa shape index (κ1) is 41.9. The second-order valence-electron chi connectivity index (χ2n) is 15.9. The van der Waals surface area contributed by atoms with Crippen LogP contribution in [0.2, 0.25) is 0 Å². The van der Waals surface area contributed by atoms with Gasteiger partial charge in [0.15, 0.2) is 0 Å². The van der Waals surface area contributed by atoms with E-state index >= 15 is 0 Å². The number of piperazine rings is 2. The van der Waals surface area contributed by atoms with E-state index in [4.69, 9.17) is 14.4 Å². The summed E-state index contributed by atoms with van der Waals surface area (Å²) in [5.41, 5.74) is 7.25. The first-order valence-corrected chi connectivity index (χ1v) is 21.3. The van der Waals surface area contributed by atoms with Crippen molar-refractivity contribution in [3.63, 3.8) is 0 Å². The van der Waals surface area contributed by atoms with Crippen LogP contribution in [0.25, 0.3) is 11.1 Å². The third-order valence-electron chi connectivity index (χ3n) is 12.3. The molecule has 0 bridgehead atoms. The third-order valence-corrected chi connectivity index (χ3v) is 12.3. The van der Waals surface area contributed by atoms with Crippen molar-refractivity contribution in [1.29, 1.82) is 0 Å². The monoisotopic (exact) mass is 823 g/mol. The summed E-state index contributed by atoms with van der Waals surface area (Å²) in [4.78, 5) is 61.3. The predicted molar refractivity (Wildman–Crippen MR) is 234 cm³/mol. The smallest absolute Gasteiger partial charge is 0.537 e. The summed E-state index contributed by atoms with van der Waals surface area (Å²) in [5.74, 6) is -0.530. The molecule has 0 aliphatic carbocycles. The van der Waals surface area contributed by atoms with Crippen LogP contribution in [-0.2, 0) is 9.59 Å². The van der Waals surface area contributed by atoms with Crippen molar-refractivity contribution in [2.75, 3.05) is 83.5 Å². The zero-order valence-electron chi connectivity index (χ0n) is 34.6. The number of hydrogen-bond acceptors (Lipinski definition) is 11. The molecule has 4 aromatic carbocycles. The van der Waals surface area contributed by atoms with Gasteiger partial charge in [0.05, 0.1) is 11.1 Å². The zero-order valence-corrected chi connectivity index (χ0v) is 34.6. The summed E-state index contributed by atoms with van der Waals surface area (Å²) in [7, 11) is 0.694. The summed E-state index contributed by atoms with van der Waals surface area (Å²) >= 11 is 0. The number of imide groups is 2. The number of allylic oxidation sites excluding steroid dienone is 1. The summed E-state index contributed by atoms with van der Waals surface area (Å²) in [6.07, 6.45) is 1.10. The lowest BCUT2D eigenvalue weighted by Gasteiger charge is -2.39. The molecule has 4 aliphatic heterocycles. The van der Waals surface area contributed by atoms with Gasteiger partial charge in [0.25, 0.3) is 11.8 Å². The first-order valence-electron chi connectivity index (χ1n) is 21.3. The number of fused-ring (bicyclic) bond motifs is 1. The van der Waals surface area contributed by atoms with Gasteiger partial charge in [-0.1, -0.05) is 61.5 Å². The highest BCUT2D eigenvalue weighted by Gasteiger charge is 2.44. The third kappa shape index (κ3) is 9.58. The topological polar surface area (TPSA) is 135 Å². The Labute approximate surface area is 357 Å². The molecule has 4 aromatic rings. The number of carbonyl (C=O) groups excluding carboxylic acids is 4. The Hall–Kier alpha value is -5.80. The van der Waals surface area contributed by atoms with E-state index in [1.54, 1.807) is 12.1 Å². The molecular weight excluding hydrogens is 771 g/mol. The number of nitrogens with zero attached hydrogens (tertiary/aromatic N) is 5. The Kier molecular flexibility index (Phi) is 13.3. The van der Waals surface area contributed by atoms with Crippen LogP contribution < -0.4 is 19.6 Å². The number of nitrogens with one attached hydrogen (secondary N) is 1. The van der Waals surface area contributed by atoms with Crippen LogP contribution in [0.3, 0.4) is 0 Å². The van der Waals surface area contributed by atoms with E-state index in [-0.39, 0.29) is 18.7 Å². The van der Waals surface area contributed by atoms with Crippen molar-refractivity contribution in [2.24, 2.45) is 0 Å². The van der Waals surface area contributed by atoms with Crippen LogP contribution >= 0.6 is 0 Å². The van der Waals surface area contributed by atoms with Gasteiger partial charge >= 0.3 is 7.69 Å². The Morgan fingerprint density at radius 1 is 0.689 bits per heavy atom. The highest BCUT2D eigenvalue weighted by molar-refractivity contribution is 6.23. The molecule has 1 atom stereocenters. The molecule has 1 radical (unpaired) electrons. The van der Waals surface area contributed by atoms with E-state index in [0.717, 1.165) is 111 Å². The lowest BCUT2D eigenvalue weighted by molar-refractivity contribution is -0.136. The summed E-state index contributed by atoms with van der Waals surface area (Å²) in [6.45, 7) is 13.2. The lowest BCUT2D eigenvalue weighted by Crippen LogP contribution is -2.54. The Bertz CT molecular complexity index is 2240. The molecule has 3 saturated heterocycles. The highest BCUT2D eigenvalue weighted by Crippen LogP contribution is 2.36. The highest BCUT2D eigenvalue weighted by atomic mass is 16.5. The van der Waals surface area contributed by atoms with Crippen LogP contribution in [0, 0.1) is 0 Å². The fourth-order valence-corrected chi connectivity index (χ4v) is 8.86. The van der Waals surface area contributed by atoms with Crippen LogP contribution in [0.4, 0.5) is 5.69 Å². The largest absolute Gasteiger partial charge is 0.569 e. The van der Waals surface area contributed by atoms with E-state index in [2.05, 4.69) is 80.4 Å². The van der Waals surface area contributed by atoms with Gasteiger partial charge in [0.1, 0.15) is 24.1 Å². The van der Waals surface area contributed by atoms with Gasteiger partial charge in [0.2, 0.25) is 11.8 Å². The number of amides is 4. The molecular formula is C47H52BN6O7. The standard InChI is InChI=1S/C47H52BN6O7/c1-2-39(33-6-4-3-5-7-33)44(35-10-15-38(16-11-35)61-48-59)34-8-13-37(14-9-34)60-31-30-52-24-22-50(23-25-52)20-21-51-26-28-53(29-27-51)36-12-17-40-41(32-36)47(58)54(46(40)57)42-18-19-43(55)49-45(42)56/h3-17,32,42,59H,2,18-31H2,1H3,(H,49,55,56)/b44-39+. The zero-order chi connectivity index (χ0) is 42.3. The maximum atomic E-state index is 13.3. The average Bonchev–Trinajstić information content (AvgIpc) is 3.54. The van der Waals surface area contributed by atoms with Crippen molar-refractivity contribution < 1.29 is 33.6 Å². The Morgan fingerprint density at radius 2 is 1.28 bits per heavy atom. The average molecular weight is 824 g/mol. The number of carbonyl (C=O) groups is 4. The van der Waals surface area contributed by atoms with Gasteiger partial charge < -0.3 is 19.3 Å². The van der Waals surface area contributed by atoms with Gasteiger partial charge in [-0.2, -0.15) is 0 Å². The molecule has 315 valence electrons. The maximum absolute atomic E-state index is 13.3. The van der Waals surface area contributed by atoms with E-state index in [1.165, 1.54) is 11.1 Å². The molecule has 1 unspecified atom stereocenters. The van der Waals surface area contributed by atoms with E-state index in [1.807, 2.05) is 36.4 Å². The molecule has 2 N–H and O–H groups in total. The summed E-state index contributed by atoms with van der Waals surface area (Å²) < 4.78 is 11.4. The SMILES string of the molecule is CC/C(=C(\c1ccc(O[B]O)cc1)c1ccc(OCCN2CCN(CCN3CCN(c4ccc5c(c4)C(=O)N(C4CCC(=O)NC4=O)C5=O)CC3)CC2)cc1)c1ccccc1. The predicted octanol–water partition coefficient (Wildman–Crippen LogP) is 4.18. The minimum atomic E-state index is -0.965. The number of benzene rings is 4. The number of ether oxygens (including phenoxy) is 1. The van der Waals surface area contributed by atoms with Crippen molar-refractivity contribution in [3.8, 4) is 11.5 Å². The van der Waals surface area contributed by atoms with Crippen molar-refractivity contribution in [2.45, 2.75) is 32.2 Å². The number of rotatable bonds is 15. The van der Waals surface area contributed by atoms with E-state index < -0.39 is 23.8 Å². The van der Waals surface area contributed by atoms with Gasteiger partial charge in [-0.3, -0.25) is 44.1 Å². The molecule has 8 rings (SSSR count).